The number of aliphatic hydroxyl groups is 1. The Morgan fingerprint density at radius 2 is 2.15 bits per heavy atom. The molecule has 0 saturated carbocycles. The van der Waals surface area contributed by atoms with Crippen LogP contribution in [-0.4, -0.2) is 77.0 Å². The van der Waals surface area contributed by atoms with Gasteiger partial charge in [0.25, 0.3) is 0 Å². The lowest BCUT2D eigenvalue weighted by Gasteiger charge is -2.23. The molecule has 1 atom stereocenters. The van der Waals surface area contributed by atoms with Crippen molar-refractivity contribution in [2.75, 3.05) is 33.3 Å². The summed E-state index contributed by atoms with van der Waals surface area (Å²) < 4.78 is 0. The summed E-state index contributed by atoms with van der Waals surface area (Å²) in [5, 5.41) is 9.19. The van der Waals surface area contributed by atoms with Crippen LogP contribution >= 0.6 is 0 Å². The molecule has 2 rings (SSSR count). The molecule has 0 aromatic rings. The topological polar surface area (TPSA) is 81.2 Å². The van der Waals surface area contributed by atoms with E-state index in [1.807, 2.05) is 0 Å². The molecule has 7 nitrogen and oxygen atoms in total. The minimum Gasteiger partial charge on any atom is -0.394 e. The number of nitrogens with zero attached hydrogens (tertiary/aromatic N) is 3. The van der Waals surface area contributed by atoms with E-state index in [0.717, 1.165) is 12.8 Å². The van der Waals surface area contributed by atoms with E-state index in [9.17, 15) is 19.5 Å². The number of carbonyl (C=O) groups excluding carboxylic acids is 3. The molecule has 2 aliphatic rings. The third-order valence-corrected chi connectivity index (χ3v) is 3.91. The van der Waals surface area contributed by atoms with Crippen LogP contribution in [0, 0.1) is 0 Å². The average molecular weight is 283 g/mol. The van der Waals surface area contributed by atoms with Crippen molar-refractivity contribution in [3.63, 3.8) is 0 Å². The van der Waals surface area contributed by atoms with Crippen LogP contribution < -0.4 is 0 Å². The summed E-state index contributed by atoms with van der Waals surface area (Å²) in [6.45, 7) is 1.09. The number of urea groups is 1. The van der Waals surface area contributed by atoms with E-state index in [2.05, 4.69) is 0 Å². The highest BCUT2D eigenvalue weighted by Gasteiger charge is 2.33. The Balaban J connectivity index is 1.77. The van der Waals surface area contributed by atoms with Gasteiger partial charge in [0, 0.05) is 26.6 Å². The first-order valence-corrected chi connectivity index (χ1v) is 7.00. The number of hydrogen-bond donors (Lipinski definition) is 1. The molecule has 0 bridgehead atoms. The minimum atomic E-state index is -0.295. The van der Waals surface area contributed by atoms with E-state index in [4.69, 9.17) is 0 Å². The Morgan fingerprint density at radius 1 is 1.40 bits per heavy atom. The van der Waals surface area contributed by atoms with Crippen LogP contribution in [0.1, 0.15) is 25.7 Å². The van der Waals surface area contributed by atoms with Crippen molar-refractivity contribution in [3.8, 4) is 0 Å². The predicted molar refractivity (Wildman–Crippen MR) is 70.8 cm³/mol. The largest absolute Gasteiger partial charge is 0.394 e. The van der Waals surface area contributed by atoms with Gasteiger partial charge in [-0.05, 0) is 19.3 Å². The van der Waals surface area contributed by atoms with Gasteiger partial charge in [0.05, 0.1) is 12.6 Å². The lowest BCUT2D eigenvalue weighted by molar-refractivity contribution is -0.133. The second kappa shape index (κ2) is 6.21. The summed E-state index contributed by atoms with van der Waals surface area (Å²) >= 11 is 0. The van der Waals surface area contributed by atoms with Crippen molar-refractivity contribution in [3.05, 3.63) is 0 Å². The predicted octanol–water partition coefficient (Wildman–Crippen LogP) is -0.356. The maximum absolute atomic E-state index is 12.0. The van der Waals surface area contributed by atoms with Crippen molar-refractivity contribution < 1.29 is 19.5 Å². The van der Waals surface area contributed by atoms with Crippen molar-refractivity contribution >= 4 is 17.8 Å². The molecule has 0 radical (unpaired) electrons. The van der Waals surface area contributed by atoms with Gasteiger partial charge >= 0.3 is 6.03 Å². The van der Waals surface area contributed by atoms with E-state index in [0.29, 0.717) is 19.4 Å². The Bertz CT molecular complexity index is 412. The molecule has 2 aliphatic heterocycles. The van der Waals surface area contributed by atoms with Gasteiger partial charge in [0.15, 0.2) is 0 Å². The van der Waals surface area contributed by atoms with Gasteiger partial charge < -0.3 is 14.9 Å². The molecule has 1 unspecified atom stereocenters. The van der Waals surface area contributed by atoms with Crippen molar-refractivity contribution in [1.82, 2.24) is 14.7 Å². The third-order valence-electron chi connectivity index (χ3n) is 3.91. The molecule has 1 N–H and O–H groups in total. The molecule has 2 fully saturated rings. The van der Waals surface area contributed by atoms with Crippen molar-refractivity contribution in [2.24, 2.45) is 0 Å². The van der Waals surface area contributed by atoms with Gasteiger partial charge in [-0.2, -0.15) is 0 Å². The number of rotatable bonds is 5. The van der Waals surface area contributed by atoms with Crippen LogP contribution in [0.25, 0.3) is 0 Å². The van der Waals surface area contributed by atoms with Gasteiger partial charge in [0.1, 0.15) is 6.54 Å². The maximum atomic E-state index is 12.0. The normalized spacial score (nSPS) is 23.1. The van der Waals surface area contributed by atoms with Crippen LogP contribution in [0.15, 0.2) is 0 Å². The lowest BCUT2D eigenvalue weighted by Crippen LogP contribution is -2.38. The molecule has 0 aliphatic carbocycles. The molecule has 0 aromatic carbocycles. The summed E-state index contributed by atoms with van der Waals surface area (Å²) in [5.74, 6) is -0.214. The molecular formula is C13H21N3O4. The Morgan fingerprint density at radius 3 is 2.75 bits per heavy atom. The molecular weight excluding hydrogens is 262 g/mol. The molecule has 7 heteroatoms. The van der Waals surface area contributed by atoms with Gasteiger partial charge in [-0.3, -0.25) is 14.5 Å². The highest BCUT2D eigenvalue weighted by atomic mass is 16.3. The number of hydrogen-bond acceptors (Lipinski definition) is 4. The number of likely N-dealkylation sites (tertiary alicyclic amines) is 1. The van der Waals surface area contributed by atoms with Crippen LogP contribution in [0.4, 0.5) is 4.79 Å². The lowest BCUT2D eigenvalue weighted by atomic mass is 10.2. The quantitative estimate of drug-likeness (QED) is 0.699. The fourth-order valence-electron chi connectivity index (χ4n) is 2.77. The van der Waals surface area contributed by atoms with Crippen LogP contribution in [0.2, 0.25) is 0 Å². The van der Waals surface area contributed by atoms with Crippen molar-refractivity contribution in [1.29, 1.82) is 0 Å². The fraction of sp³-hybridized carbons (Fsp3) is 0.769. The number of aliphatic hydroxyl groups excluding tert-OH is 1. The van der Waals surface area contributed by atoms with E-state index in [1.165, 1.54) is 9.80 Å². The standard InChI is InChI=1S/C13H21N3O4/c1-14-8-12(19)16(13(14)20)7-3-5-11(18)15-6-2-4-10(15)9-17/h10,17H,2-9H2,1H3. The highest BCUT2D eigenvalue weighted by molar-refractivity contribution is 6.01. The minimum absolute atomic E-state index is 0.000366. The van der Waals surface area contributed by atoms with Crippen molar-refractivity contribution in [2.45, 2.75) is 31.7 Å². The molecule has 4 amide bonds. The van der Waals surface area contributed by atoms with E-state index in [-0.39, 0.29) is 43.6 Å². The van der Waals surface area contributed by atoms with Gasteiger partial charge in [-0.1, -0.05) is 0 Å². The second-order valence-electron chi connectivity index (χ2n) is 5.35. The maximum Gasteiger partial charge on any atom is 0.326 e. The summed E-state index contributed by atoms with van der Waals surface area (Å²) in [6.07, 6.45) is 2.54. The van der Waals surface area contributed by atoms with Gasteiger partial charge in [-0.15, -0.1) is 0 Å². The third kappa shape index (κ3) is 2.92. The number of amides is 4. The molecule has 0 spiro atoms. The Hall–Kier alpha value is -1.63. The van der Waals surface area contributed by atoms with Crippen LogP contribution in [-0.2, 0) is 9.59 Å². The zero-order chi connectivity index (χ0) is 14.7. The number of imide groups is 1. The van der Waals surface area contributed by atoms with E-state index < -0.39 is 0 Å². The highest BCUT2D eigenvalue weighted by Crippen LogP contribution is 2.18. The van der Waals surface area contributed by atoms with Crippen LogP contribution in [0.5, 0.6) is 0 Å². The fourth-order valence-corrected chi connectivity index (χ4v) is 2.77. The van der Waals surface area contributed by atoms with Crippen LogP contribution in [0.3, 0.4) is 0 Å². The SMILES string of the molecule is CN1CC(=O)N(CCCC(=O)N2CCCC2CO)C1=O. The molecule has 0 aromatic heterocycles. The molecule has 2 heterocycles. The summed E-state index contributed by atoms with van der Waals surface area (Å²) in [5.41, 5.74) is 0. The van der Waals surface area contributed by atoms with Gasteiger partial charge in [0.2, 0.25) is 11.8 Å². The van der Waals surface area contributed by atoms with Gasteiger partial charge in [-0.25, -0.2) is 4.79 Å². The summed E-state index contributed by atoms with van der Waals surface area (Å²) in [7, 11) is 1.58. The second-order valence-corrected chi connectivity index (χ2v) is 5.35. The zero-order valence-electron chi connectivity index (χ0n) is 11.7. The number of likely N-dealkylation sites (N-methyl/N-ethyl adjacent to an activating group) is 1. The number of carbonyl (C=O) groups is 3. The Kier molecular flexibility index (Phi) is 4.59. The molecule has 2 saturated heterocycles. The summed E-state index contributed by atoms with van der Waals surface area (Å²) in [6, 6.07) is -0.361. The van der Waals surface area contributed by atoms with E-state index in [1.54, 1.807) is 11.9 Å². The first-order chi connectivity index (χ1) is 9.54. The molecule has 20 heavy (non-hydrogen) atoms. The first-order valence-electron chi connectivity index (χ1n) is 7.00. The van der Waals surface area contributed by atoms with E-state index >= 15 is 0 Å². The first kappa shape index (κ1) is 14.8. The average Bonchev–Trinajstić information content (AvgIpc) is 2.98. The smallest absolute Gasteiger partial charge is 0.326 e. The monoisotopic (exact) mass is 283 g/mol. The Labute approximate surface area is 118 Å². The molecule has 112 valence electrons. The zero-order valence-corrected chi connectivity index (χ0v) is 11.7. The summed E-state index contributed by atoms with van der Waals surface area (Å²) in [4.78, 5) is 39.5.